The van der Waals surface area contributed by atoms with Crippen molar-refractivity contribution in [2.45, 2.75) is 57.5 Å². The topological polar surface area (TPSA) is 62.8 Å². The molecule has 6 heteroatoms. The Hall–Kier alpha value is -2.31. The minimum atomic E-state index is -0.475. The maximum atomic E-state index is 12.6. The van der Waals surface area contributed by atoms with Crippen LogP contribution < -0.4 is 15.4 Å². The van der Waals surface area contributed by atoms with Crippen LogP contribution in [0.5, 0.6) is 5.75 Å². The standard InChI is InChI=1S/C23H31N3O3/c1-23(2,3)29-22(27)26-11-5-6-20(26)21-24-14-19(25-21)17-8-7-16-13-18(28-4)10-9-15(16)12-17/h7-10,12-13,19-21,24-25H,5-6,11,14H2,1-4H3/t19?,20-,21?/m1/s1. The number of ether oxygens (including phenoxy) is 2. The third-order valence-electron chi connectivity index (χ3n) is 5.71. The summed E-state index contributed by atoms with van der Waals surface area (Å²) in [5.41, 5.74) is 0.774. The average molecular weight is 398 g/mol. The zero-order valence-electron chi connectivity index (χ0n) is 17.7. The van der Waals surface area contributed by atoms with E-state index in [2.05, 4.69) is 41.0 Å². The molecule has 4 rings (SSSR count). The predicted molar refractivity (Wildman–Crippen MR) is 114 cm³/mol. The molecule has 0 aliphatic carbocycles. The number of carbonyl (C=O) groups is 1. The highest BCUT2D eigenvalue weighted by atomic mass is 16.6. The molecule has 0 bridgehead atoms. The fraction of sp³-hybridized carbons (Fsp3) is 0.522. The van der Waals surface area contributed by atoms with E-state index in [0.717, 1.165) is 31.7 Å². The third kappa shape index (κ3) is 4.33. The van der Waals surface area contributed by atoms with Crippen molar-refractivity contribution < 1.29 is 14.3 Å². The summed E-state index contributed by atoms with van der Waals surface area (Å²) in [5, 5.41) is 9.65. The summed E-state index contributed by atoms with van der Waals surface area (Å²) >= 11 is 0. The fourth-order valence-electron chi connectivity index (χ4n) is 4.31. The van der Waals surface area contributed by atoms with Crippen molar-refractivity contribution in [3.63, 3.8) is 0 Å². The Bertz CT molecular complexity index is 893. The van der Waals surface area contributed by atoms with E-state index in [1.807, 2.05) is 31.7 Å². The van der Waals surface area contributed by atoms with Gasteiger partial charge in [0, 0.05) is 19.1 Å². The first-order valence-electron chi connectivity index (χ1n) is 10.4. The zero-order valence-corrected chi connectivity index (χ0v) is 17.7. The molecule has 2 unspecified atom stereocenters. The second-order valence-electron chi connectivity index (χ2n) is 8.96. The van der Waals surface area contributed by atoms with Gasteiger partial charge in [0.05, 0.1) is 19.3 Å². The van der Waals surface area contributed by atoms with Gasteiger partial charge >= 0.3 is 6.09 Å². The Kier molecular flexibility index (Phi) is 5.40. The van der Waals surface area contributed by atoms with E-state index in [4.69, 9.17) is 9.47 Å². The quantitative estimate of drug-likeness (QED) is 0.825. The van der Waals surface area contributed by atoms with E-state index in [1.54, 1.807) is 7.11 Å². The van der Waals surface area contributed by atoms with Gasteiger partial charge in [-0.15, -0.1) is 0 Å². The molecule has 2 aliphatic heterocycles. The van der Waals surface area contributed by atoms with Crippen LogP contribution in [-0.4, -0.2) is 49.0 Å². The van der Waals surface area contributed by atoms with Crippen LogP contribution in [0, 0.1) is 0 Å². The highest BCUT2D eigenvalue weighted by Gasteiger charge is 2.40. The van der Waals surface area contributed by atoms with Crippen LogP contribution in [0.15, 0.2) is 36.4 Å². The maximum absolute atomic E-state index is 12.6. The van der Waals surface area contributed by atoms with Crippen LogP contribution in [-0.2, 0) is 4.74 Å². The molecule has 3 atom stereocenters. The highest BCUT2D eigenvalue weighted by Crippen LogP contribution is 2.29. The summed E-state index contributed by atoms with van der Waals surface area (Å²) in [4.78, 5) is 14.5. The van der Waals surface area contributed by atoms with Crippen molar-refractivity contribution in [3.8, 4) is 5.75 Å². The molecule has 156 valence electrons. The third-order valence-corrected chi connectivity index (χ3v) is 5.71. The van der Waals surface area contributed by atoms with Gasteiger partial charge in [0.1, 0.15) is 11.4 Å². The van der Waals surface area contributed by atoms with Crippen molar-refractivity contribution in [2.75, 3.05) is 20.2 Å². The first-order chi connectivity index (χ1) is 13.8. The van der Waals surface area contributed by atoms with Gasteiger partial charge in [-0.3, -0.25) is 10.6 Å². The van der Waals surface area contributed by atoms with E-state index in [-0.39, 0.29) is 24.3 Å². The number of nitrogens with zero attached hydrogens (tertiary/aromatic N) is 1. The molecule has 0 aromatic heterocycles. The van der Waals surface area contributed by atoms with Crippen LogP contribution in [0.3, 0.4) is 0 Å². The number of benzene rings is 2. The van der Waals surface area contributed by atoms with Crippen LogP contribution in [0.4, 0.5) is 4.79 Å². The zero-order chi connectivity index (χ0) is 20.6. The van der Waals surface area contributed by atoms with Crippen molar-refractivity contribution in [2.24, 2.45) is 0 Å². The normalized spacial score (nSPS) is 24.8. The number of hydrogen-bond donors (Lipinski definition) is 2. The lowest BCUT2D eigenvalue weighted by molar-refractivity contribution is 0.0193. The molecule has 2 heterocycles. The molecule has 2 N–H and O–H groups in total. The Morgan fingerprint density at radius 2 is 1.90 bits per heavy atom. The van der Waals surface area contributed by atoms with Crippen LogP contribution in [0.25, 0.3) is 10.8 Å². The molecular weight excluding hydrogens is 366 g/mol. The number of fused-ring (bicyclic) bond motifs is 1. The van der Waals surface area contributed by atoms with Crippen molar-refractivity contribution >= 4 is 16.9 Å². The number of nitrogens with one attached hydrogen (secondary N) is 2. The number of carbonyl (C=O) groups excluding carboxylic acids is 1. The first kappa shape index (κ1) is 20.0. The lowest BCUT2D eigenvalue weighted by Crippen LogP contribution is -2.52. The van der Waals surface area contributed by atoms with E-state index < -0.39 is 5.60 Å². The van der Waals surface area contributed by atoms with Gasteiger partial charge in [0.2, 0.25) is 0 Å². The molecule has 0 radical (unpaired) electrons. The highest BCUT2D eigenvalue weighted by molar-refractivity contribution is 5.84. The van der Waals surface area contributed by atoms with Gasteiger partial charge in [-0.2, -0.15) is 0 Å². The van der Waals surface area contributed by atoms with Crippen molar-refractivity contribution in [3.05, 3.63) is 42.0 Å². The second-order valence-corrected chi connectivity index (χ2v) is 8.96. The minimum absolute atomic E-state index is 0.0709. The number of rotatable bonds is 3. The van der Waals surface area contributed by atoms with Gasteiger partial charge in [-0.05, 0) is 68.1 Å². The number of methoxy groups -OCH3 is 1. The first-order valence-corrected chi connectivity index (χ1v) is 10.4. The van der Waals surface area contributed by atoms with Crippen LogP contribution in [0.1, 0.15) is 45.2 Å². The molecule has 6 nitrogen and oxygen atoms in total. The van der Waals surface area contributed by atoms with Gasteiger partial charge in [-0.1, -0.05) is 18.2 Å². The largest absolute Gasteiger partial charge is 0.497 e. The van der Waals surface area contributed by atoms with Crippen molar-refractivity contribution in [1.29, 1.82) is 0 Å². The Morgan fingerprint density at radius 3 is 2.66 bits per heavy atom. The van der Waals surface area contributed by atoms with E-state index in [9.17, 15) is 4.79 Å². The second kappa shape index (κ2) is 7.84. The monoisotopic (exact) mass is 397 g/mol. The summed E-state index contributed by atoms with van der Waals surface area (Å²) in [7, 11) is 1.69. The molecule has 0 saturated carbocycles. The molecule has 29 heavy (non-hydrogen) atoms. The van der Waals surface area contributed by atoms with Gasteiger partial charge in [0.15, 0.2) is 0 Å². The molecule has 2 aromatic carbocycles. The van der Waals surface area contributed by atoms with Gasteiger partial charge < -0.3 is 14.4 Å². The SMILES string of the molecule is COc1ccc2cc(C3CNC([C@H]4CCCN4C(=O)OC(C)(C)C)N3)ccc2c1. The van der Waals surface area contributed by atoms with Gasteiger partial charge in [0.25, 0.3) is 0 Å². The smallest absolute Gasteiger partial charge is 0.410 e. The summed E-state index contributed by atoms with van der Waals surface area (Å²) in [6.45, 7) is 7.32. The number of likely N-dealkylation sites (tertiary alicyclic amines) is 1. The number of amides is 1. The van der Waals surface area contributed by atoms with Crippen LogP contribution >= 0.6 is 0 Å². The molecule has 2 fully saturated rings. The van der Waals surface area contributed by atoms with Gasteiger partial charge in [-0.25, -0.2) is 4.79 Å². The molecule has 2 saturated heterocycles. The molecule has 2 aromatic rings. The van der Waals surface area contributed by atoms with Crippen molar-refractivity contribution in [1.82, 2.24) is 15.5 Å². The lowest BCUT2D eigenvalue weighted by Gasteiger charge is -2.32. The minimum Gasteiger partial charge on any atom is -0.497 e. The Labute approximate surface area is 172 Å². The fourth-order valence-corrected chi connectivity index (χ4v) is 4.31. The average Bonchev–Trinajstić information content (AvgIpc) is 3.35. The van der Waals surface area contributed by atoms with Crippen LogP contribution in [0.2, 0.25) is 0 Å². The lowest BCUT2D eigenvalue weighted by atomic mass is 10.0. The number of hydrogen-bond acceptors (Lipinski definition) is 5. The maximum Gasteiger partial charge on any atom is 0.410 e. The van der Waals surface area contributed by atoms with E-state index >= 15 is 0 Å². The summed E-state index contributed by atoms with van der Waals surface area (Å²) in [6.07, 6.45) is 1.84. The summed E-state index contributed by atoms with van der Waals surface area (Å²) in [6, 6.07) is 13.0. The Balaban J connectivity index is 1.46. The Morgan fingerprint density at radius 1 is 1.14 bits per heavy atom. The molecule has 0 spiro atoms. The summed E-state index contributed by atoms with van der Waals surface area (Å²) in [5.74, 6) is 0.870. The molecule has 2 aliphatic rings. The molecular formula is C23H31N3O3. The molecule has 1 amide bonds. The van der Waals surface area contributed by atoms with E-state index in [1.165, 1.54) is 16.3 Å². The predicted octanol–water partition coefficient (Wildman–Crippen LogP) is 3.81. The summed E-state index contributed by atoms with van der Waals surface area (Å²) < 4.78 is 10.9. The van der Waals surface area contributed by atoms with E-state index in [0.29, 0.717) is 0 Å².